The molecule has 0 unspecified atom stereocenters. The number of benzene rings is 2. The number of rotatable bonds is 6. The Kier molecular flexibility index (Phi) is 4.52. The van der Waals surface area contributed by atoms with Crippen molar-refractivity contribution in [3.05, 3.63) is 71.9 Å². The second kappa shape index (κ2) is 6.92. The standard InChI is InChI=1S/C19H17NO3/c21-19(22)12-7-14-5-10-17(11-6-14)23-13-16-9-8-15-3-1-2-4-18(15)20-16/h1-6,8-11H,7,12-13H2,(H,21,22). The summed E-state index contributed by atoms with van der Waals surface area (Å²) >= 11 is 0. The molecule has 2 aromatic carbocycles. The first kappa shape index (κ1) is 15.0. The zero-order valence-electron chi connectivity index (χ0n) is 12.6. The van der Waals surface area contributed by atoms with E-state index in [1.807, 2.05) is 60.7 Å². The molecule has 1 N–H and O–H groups in total. The molecule has 4 heteroatoms. The lowest BCUT2D eigenvalue weighted by atomic mass is 10.1. The van der Waals surface area contributed by atoms with E-state index in [0.717, 1.165) is 27.9 Å². The minimum absolute atomic E-state index is 0.140. The van der Waals surface area contributed by atoms with Crippen LogP contribution in [0.5, 0.6) is 5.75 Å². The third-order valence-corrected chi connectivity index (χ3v) is 3.59. The largest absolute Gasteiger partial charge is 0.487 e. The van der Waals surface area contributed by atoms with Crippen molar-refractivity contribution in [1.29, 1.82) is 0 Å². The van der Waals surface area contributed by atoms with Crippen molar-refractivity contribution in [2.75, 3.05) is 0 Å². The van der Waals surface area contributed by atoms with Crippen LogP contribution in [0.3, 0.4) is 0 Å². The number of carboxylic acids is 1. The summed E-state index contributed by atoms with van der Waals surface area (Å²) in [5.74, 6) is -0.0354. The molecular formula is C19H17NO3. The molecule has 0 bridgehead atoms. The zero-order valence-corrected chi connectivity index (χ0v) is 12.6. The number of pyridine rings is 1. The van der Waals surface area contributed by atoms with Crippen LogP contribution in [0.25, 0.3) is 10.9 Å². The van der Waals surface area contributed by atoms with E-state index >= 15 is 0 Å². The van der Waals surface area contributed by atoms with E-state index in [-0.39, 0.29) is 6.42 Å². The van der Waals surface area contributed by atoms with Crippen LogP contribution in [0.2, 0.25) is 0 Å². The van der Waals surface area contributed by atoms with Crippen molar-refractivity contribution in [3.63, 3.8) is 0 Å². The van der Waals surface area contributed by atoms with Crippen LogP contribution in [-0.2, 0) is 17.8 Å². The van der Waals surface area contributed by atoms with Crippen LogP contribution in [0, 0.1) is 0 Å². The maximum absolute atomic E-state index is 10.6. The second-order valence-electron chi connectivity index (χ2n) is 5.32. The Morgan fingerprint density at radius 3 is 2.57 bits per heavy atom. The number of hydrogen-bond donors (Lipinski definition) is 1. The fraction of sp³-hybridized carbons (Fsp3) is 0.158. The summed E-state index contributed by atoms with van der Waals surface area (Å²) in [4.78, 5) is 15.1. The molecule has 0 aliphatic heterocycles. The van der Waals surface area contributed by atoms with Gasteiger partial charge in [0.25, 0.3) is 0 Å². The van der Waals surface area contributed by atoms with Gasteiger partial charge >= 0.3 is 5.97 Å². The molecule has 0 aliphatic rings. The summed E-state index contributed by atoms with van der Waals surface area (Å²) in [6.07, 6.45) is 0.670. The van der Waals surface area contributed by atoms with Crippen LogP contribution >= 0.6 is 0 Å². The molecule has 4 nitrogen and oxygen atoms in total. The number of nitrogens with zero attached hydrogens (tertiary/aromatic N) is 1. The Hall–Kier alpha value is -2.88. The van der Waals surface area contributed by atoms with Crippen LogP contribution in [0.1, 0.15) is 17.7 Å². The third-order valence-electron chi connectivity index (χ3n) is 3.59. The summed E-state index contributed by atoms with van der Waals surface area (Å²) in [6, 6.07) is 19.5. The predicted molar refractivity (Wildman–Crippen MR) is 88.5 cm³/mol. The average molecular weight is 307 g/mol. The van der Waals surface area contributed by atoms with Gasteiger partial charge in [0.1, 0.15) is 12.4 Å². The molecule has 1 aromatic heterocycles. The number of ether oxygens (including phenoxy) is 1. The van der Waals surface area contributed by atoms with Gasteiger partial charge in [-0.15, -0.1) is 0 Å². The van der Waals surface area contributed by atoms with Crippen molar-refractivity contribution in [1.82, 2.24) is 4.98 Å². The molecule has 0 saturated heterocycles. The van der Waals surface area contributed by atoms with Gasteiger partial charge in [0.2, 0.25) is 0 Å². The van der Waals surface area contributed by atoms with Crippen molar-refractivity contribution < 1.29 is 14.6 Å². The molecular weight excluding hydrogens is 290 g/mol. The van der Waals surface area contributed by atoms with Gasteiger partial charge in [-0.25, -0.2) is 4.98 Å². The molecule has 0 spiro atoms. The van der Waals surface area contributed by atoms with Crippen LogP contribution in [-0.4, -0.2) is 16.1 Å². The average Bonchev–Trinajstić information content (AvgIpc) is 2.59. The van der Waals surface area contributed by atoms with Crippen molar-refractivity contribution in [2.24, 2.45) is 0 Å². The first-order valence-corrected chi connectivity index (χ1v) is 7.49. The lowest BCUT2D eigenvalue weighted by molar-refractivity contribution is -0.136. The van der Waals surface area contributed by atoms with Gasteiger partial charge < -0.3 is 9.84 Å². The number of aliphatic carboxylic acids is 1. The number of para-hydroxylation sites is 1. The Labute approximate surface area is 134 Å². The number of carboxylic acid groups (broad SMARTS) is 1. The van der Waals surface area contributed by atoms with Gasteiger partial charge in [0.05, 0.1) is 11.2 Å². The fourth-order valence-electron chi connectivity index (χ4n) is 2.35. The van der Waals surface area contributed by atoms with Crippen molar-refractivity contribution in [3.8, 4) is 5.75 Å². The monoisotopic (exact) mass is 307 g/mol. The van der Waals surface area contributed by atoms with Gasteiger partial charge in [-0.1, -0.05) is 36.4 Å². The molecule has 1 heterocycles. The maximum atomic E-state index is 10.6. The maximum Gasteiger partial charge on any atom is 0.303 e. The molecule has 0 atom stereocenters. The first-order valence-electron chi connectivity index (χ1n) is 7.49. The number of aromatic nitrogens is 1. The highest BCUT2D eigenvalue weighted by Gasteiger charge is 2.02. The SMILES string of the molecule is O=C(O)CCc1ccc(OCc2ccc3ccccc3n2)cc1. The van der Waals surface area contributed by atoms with Gasteiger partial charge in [-0.3, -0.25) is 4.79 Å². The molecule has 0 amide bonds. The van der Waals surface area contributed by atoms with Crippen molar-refractivity contribution in [2.45, 2.75) is 19.4 Å². The Bertz CT molecular complexity index is 812. The van der Waals surface area contributed by atoms with E-state index in [1.165, 1.54) is 0 Å². The minimum atomic E-state index is -0.785. The summed E-state index contributed by atoms with van der Waals surface area (Å²) in [6.45, 7) is 0.402. The predicted octanol–water partition coefficient (Wildman–Crippen LogP) is 3.83. The third kappa shape index (κ3) is 4.07. The molecule has 116 valence electrons. The fourth-order valence-corrected chi connectivity index (χ4v) is 2.35. The molecule has 3 rings (SSSR count). The van der Waals surface area contributed by atoms with Crippen LogP contribution < -0.4 is 4.74 Å². The van der Waals surface area contributed by atoms with Crippen LogP contribution in [0.15, 0.2) is 60.7 Å². The molecule has 0 aliphatic carbocycles. The lowest BCUT2D eigenvalue weighted by Crippen LogP contribution is -1.99. The highest BCUT2D eigenvalue weighted by molar-refractivity contribution is 5.78. The van der Waals surface area contributed by atoms with E-state index in [1.54, 1.807) is 0 Å². The Morgan fingerprint density at radius 2 is 1.78 bits per heavy atom. The Morgan fingerprint density at radius 1 is 1.00 bits per heavy atom. The number of hydrogen-bond acceptors (Lipinski definition) is 3. The van der Waals surface area contributed by atoms with Crippen LogP contribution in [0.4, 0.5) is 0 Å². The van der Waals surface area contributed by atoms with E-state index in [2.05, 4.69) is 4.98 Å². The molecule has 23 heavy (non-hydrogen) atoms. The van der Waals surface area contributed by atoms with E-state index in [4.69, 9.17) is 9.84 Å². The second-order valence-corrected chi connectivity index (χ2v) is 5.32. The van der Waals surface area contributed by atoms with Crippen molar-refractivity contribution >= 4 is 16.9 Å². The lowest BCUT2D eigenvalue weighted by Gasteiger charge is -2.07. The number of fused-ring (bicyclic) bond motifs is 1. The Balaban J connectivity index is 1.61. The highest BCUT2D eigenvalue weighted by Crippen LogP contribution is 2.16. The molecule has 0 saturated carbocycles. The topological polar surface area (TPSA) is 59.4 Å². The first-order chi connectivity index (χ1) is 11.2. The van der Waals surface area contributed by atoms with Gasteiger partial charge in [0.15, 0.2) is 0 Å². The van der Waals surface area contributed by atoms with Gasteiger partial charge in [-0.2, -0.15) is 0 Å². The summed E-state index contributed by atoms with van der Waals surface area (Å²) in [7, 11) is 0. The van der Waals surface area contributed by atoms with Gasteiger partial charge in [-0.05, 0) is 36.2 Å². The number of aryl methyl sites for hydroxylation is 1. The highest BCUT2D eigenvalue weighted by atomic mass is 16.5. The smallest absolute Gasteiger partial charge is 0.303 e. The molecule has 0 fully saturated rings. The van der Waals surface area contributed by atoms with E-state index in [9.17, 15) is 4.79 Å². The summed E-state index contributed by atoms with van der Waals surface area (Å²) < 4.78 is 5.74. The zero-order chi connectivity index (χ0) is 16.1. The normalized spacial score (nSPS) is 10.6. The molecule has 0 radical (unpaired) electrons. The quantitative estimate of drug-likeness (QED) is 0.752. The summed E-state index contributed by atoms with van der Waals surface area (Å²) in [5.41, 5.74) is 2.82. The van der Waals surface area contributed by atoms with Gasteiger partial charge in [0, 0.05) is 11.8 Å². The minimum Gasteiger partial charge on any atom is -0.487 e. The van der Waals surface area contributed by atoms with E-state index < -0.39 is 5.97 Å². The molecule has 3 aromatic rings. The number of carbonyl (C=O) groups is 1. The summed E-state index contributed by atoms with van der Waals surface area (Å²) in [5, 5.41) is 9.79. The van der Waals surface area contributed by atoms with E-state index in [0.29, 0.717) is 13.0 Å².